The Morgan fingerprint density at radius 2 is 1.88 bits per heavy atom. The minimum Gasteiger partial charge on any atom is -0.497 e. The maximum atomic E-state index is 13.1. The minimum absolute atomic E-state index is 0.103. The van der Waals surface area contributed by atoms with E-state index in [1.54, 1.807) is 49.6 Å². The topological polar surface area (TPSA) is 138 Å². The van der Waals surface area contributed by atoms with Crippen molar-refractivity contribution in [3.63, 3.8) is 0 Å². The first-order valence-corrected chi connectivity index (χ1v) is 10.2. The van der Waals surface area contributed by atoms with Crippen molar-refractivity contribution in [2.75, 3.05) is 31.0 Å². The third-order valence-electron chi connectivity index (χ3n) is 5.54. The largest absolute Gasteiger partial charge is 0.497 e. The van der Waals surface area contributed by atoms with Gasteiger partial charge in [-0.15, -0.1) is 0 Å². The summed E-state index contributed by atoms with van der Waals surface area (Å²) in [7, 11) is 1.57. The predicted octanol–water partition coefficient (Wildman–Crippen LogP) is 2.52. The molecule has 2 aromatic carbocycles. The zero-order chi connectivity index (χ0) is 22.9. The summed E-state index contributed by atoms with van der Waals surface area (Å²) in [5.74, 6) is -0.436. The van der Waals surface area contributed by atoms with Gasteiger partial charge in [-0.3, -0.25) is 14.6 Å². The number of amides is 1. The molecule has 0 radical (unpaired) electrons. The Bertz CT molecular complexity index is 1330. The smallest absolute Gasteiger partial charge is 0.258 e. The van der Waals surface area contributed by atoms with Crippen LogP contribution < -0.4 is 30.4 Å². The van der Waals surface area contributed by atoms with Gasteiger partial charge in [-0.25, -0.2) is 0 Å². The molecule has 0 aliphatic carbocycles. The minimum atomic E-state index is -1.11. The van der Waals surface area contributed by atoms with Gasteiger partial charge in [0.25, 0.3) is 5.56 Å². The summed E-state index contributed by atoms with van der Waals surface area (Å²) in [6, 6.07) is 14.2. The second-order valence-electron chi connectivity index (χ2n) is 7.51. The number of carbonyl (C=O) groups excluding carboxylic acids is 1. The monoisotopic (exact) mass is 445 g/mol. The molecule has 2 aliphatic rings. The number of benzene rings is 2. The molecule has 3 aromatic rings. The summed E-state index contributed by atoms with van der Waals surface area (Å²) in [6.45, 7) is 0.831. The van der Waals surface area contributed by atoms with E-state index >= 15 is 0 Å². The fraction of sp³-hybridized carbons (Fsp3) is 0.217. The lowest BCUT2D eigenvalue weighted by Gasteiger charge is -2.29. The zero-order valence-electron chi connectivity index (χ0n) is 17.5. The molecule has 2 unspecified atom stereocenters. The summed E-state index contributed by atoms with van der Waals surface area (Å²) >= 11 is 0. The molecular formula is C23H19N5O5. The third kappa shape index (κ3) is 3.70. The molecule has 0 bridgehead atoms. The maximum Gasteiger partial charge on any atom is 0.258 e. The number of methoxy groups -OCH3 is 1. The van der Waals surface area contributed by atoms with E-state index in [1.807, 2.05) is 6.07 Å². The van der Waals surface area contributed by atoms with E-state index in [1.165, 1.54) is 0 Å². The van der Waals surface area contributed by atoms with Gasteiger partial charge in [-0.1, -0.05) is 6.07 Å². The van der Waals surface area contributed by atoms with Crippen LogP contribution in [0.1, 0.15) is 17.0 Å². The molecule has 2 aliphatic heterocycles. The van der Waals surface area contributed by atoms with Crippen LogP contribution in [0.2, 0.25) is 0 Å². The number of aromatic amines is 1. The van der Waals surface area contributed by atoms with Gasteiger partial charge >= 0.3 is 0 Å². The summed E-state index contributed by atoms with van der Waals surface area (Å²) in [5.41, 5.74) is 0.999. The molecule has 1 amide bonds. The average Bonchev–Trinajstić information content (AvgIpc) is 2.83. The fourth-order valence-electron chi connectivity index (χ4n) is 3.99. The standard InChI is InChI=1S/C23H19N5O5/c1-31-14-5-3-13(4-6-14)25-23-27-20-19(22(30)28-23)18(15(11-24)21(29)26-20)12-2-7-16-17(10-12)33-9-8-32-16/h2-7,10,15,18H,8-9H2,1H3,(H3,25,26,27,28,29,30). The van der Waals surface area contributed by atoms with Crippen molar-refractivity contribution in [2.45, 2.75) is 5.92 Å². The van der Waals surface area contributed by atoms with Gasteiger partial charge < -0.3 is 24.8 Å². The Labute approximate surface area is 188 Å². The second kappa shape index (κ2) is 8.20. The fourth-order valence-corrected chi connectivity index (χ4v) is 3.99. The Balaban J connectivity index is 1.56. The quantitative estimate of drug-likeness (QED) is 0.557. The van der Waals surface area contributed by atoms with Crippen LogP contribution in [0.4, 0.5) is 17.5 Å². The number of anilines is 3. The van der Waals surface area contributed by atoms with Gasteiger partial charge in [0, 0.05) is 11.6 Å². The number of rotatable bonds is 4. The SMILES string of the molecule is COc1ccc(Nc2nc3c(c(=O)[nH]2)C(c2ccc4c(c2)OCCO4)C(C#N)C(=O)N3)cc1. The molecule has 5 rings (SSSR count). The van der Waals surface area contributed by atoms with Gasteiger partial charge in [0.05, 0.1) is 18.7 Å². The first-order chi connectivity index (χ1) is 16.1. The van der Waals surface area contributed by atoms with Crippen LogP contribution in [0.3, 0.4) is 0 Å². The number of nitrogens with zero attached hydrogens (tertiary/aromatic N) is 2. The van der Waals surface area contributed by atoms with E-state index in [4.69, 9.17) is 14.2 Å². The van der Waals surface area contributed by atoms with E-state index < -0.39 is 23.3 Å². The molecule has 166 valence electrons. The zero-order valence-corrected chi connectivity index (χ0v) is 17.5. The highest BCUT2D eigenvalue weighted by atomic mass is 16.6. The van der Waals surface area contributed by atoms with Crippen molar-refractivity contribution < 1.29 is 19.0 Å². The van der Waals surface area contributed by atoms with Crippen molar-refractivity contribution in [2.24, 2.45) is 5.92 Å². The van der Waals surface area contributed by atoms with Crippen molar-refractivity contribution in [1.82, 2.24) is 9.97 Å². The molecular weight excluding hydrogens is 426 g/mol. The van der Waals surface area contributed by atoms with Gasteiger partial charge in [-0.05, 0) is 42.0 Å². The van der Waals surface area contributed by atoms with Crippen LogP contribution in [0, 0.1) is 17.2 Å². The molecule has 3 N–H and O–H groups in total. The lowest BCUT2D eigenvalue weighted by Crippen LogP contribution is -2.38. The molecule has 1 aromatic heterocycles. The van der Waals surface area contributed by atoms with Gasteiger partial charge in [0.15, 0.2) is 11.5 Å². The lowest BCUT2D eigenvalue weighted by molar-refractivity contribution is -0.119. The third-order valence-corrected chi connectivity index (χ3v) is 5.54. The van der Waals surface area contributed by atoms with E-state index in [0.29, 0.717) is 41.7 Å². The van der Waals surface area contributed by atoms with E-state index in [2.05, 4.69) is 20.6 Å². The number of H-pyrrole nitrogens is 1. The summed E-state index contributed by atoms with van der Waals surface area (Å²) in [6.07, 6.45) is 0. The van der Waals surface area contributed by atoms with Crippen LogP contribution in [-0.2, 0) is 4.79 Å². The van der Waals surface area contributed by atoms with Crippen LogP contribution in [-0.4, -0.2) is 36.2 Å². The molecule has 3 heterocycles. The summed E-state index contributed by atoms with van der Waals surface area (Å²) in [4.78, 5) is 33.0. The number of hydrogen-bond acceptors (Lipinski definition) is 8. The van der Waals surface area contributed by atoms with Gasteiger partial charge in [0.2, 0.25) is 11.9 Å². The van der Waals surface area contributed by atoms with Crippen molar-refractivity contribution in [3.8, 4) is 23.3 Å². The second-order valence-corrected chi connectivity index (χ2v) is 7.51. The number of carbonyl (C=O) groups is 1. The Kier molecular flexibility index (Phi) is 5.06. The first kappa shape index (κ1) is 20.4. The Hall–Kier alpha value is -4.52. The van der Waals surface area contributed by atoms with E-state index in [9.17, 15) is 14.9 Å². The highest BCUT2D eigenvalue weighted by molar-refractivity contribution is 5.98. The summed E-state index contributed by atoms with van der Waals surface area (Å²) < 4.78 is 16.3. The van der Waals surface area contributed by atoms with Crippen LogP contribution >= 0.6 is 0 Å². The maximum absolute atomic E-state index is 13.1. The molecule has 0 saturated carbocycles. The van der Waals surface area contributed by atoms with Crippen LogP contribution in [0.25, 0.3) is 0 Å². The average molecular weight is 445 g/mol. The van der Waals surface area contributed by atoms with Crippen molar-refractivity contribution in [3.05, 3.63) is 63.9 Å². The van der Waals surface area contributed by atoms with Gasteiger partial charge in [0.1, 0.15) is 30.7 Å². The molecule has 0 saturated heterocycles. The normalized spacial score (nSPS) is 18.5. The molecule has 0 spiro atoms. The predicted molar refractivity (Wildman–Crippen MR) is 118 cm³/mol. The van der Waals surface area contributed by atoms with Crippen LogP contribution in [0.15, 0.2) is 47.3 Å². The molecule has 0 fully saturated rings. The molecule has 33 heavy (non-hydrogen) atoms. The number of nitriles is 1. The molecule has 10 nitrogen and oxygen atoms in total. The van der Waals surface area contributed by atoms with E-state index in [0.717, 1.165) is 0 Å². The first-order valence-electron chi connectivity index (χ1n) is 10.2. The number of nitrogens with one attached hydrogen (secondary N) is 3. The van der Waals surface area contributed by atoms with Crippen LogP contribution in [0.5, 0.6) is 17.2 Å². The lowest BCUT2D eigenvalue weighted by atomic mass is 9.79. The Morgan fingerprint density at radius 3 is 2.61 bits per heavy atom. The van der Waals surface area contributed by atoms with Crippen molar-refractivity contribution >= 4 is 23.4 Å². The molecule has 10 heteroatoms. The van der Waals surface area contributed by atoms with Gasteiger partial charge in [-0.2, -0.15) is 10.2 Å². The number of ether oxygens (including phenoxy) is 3. The molecule has 2 atom stereocenters. The number of fused-ring (bicyclic) bond motifs is 2. The van der Waals surface area contributed by atoms with Crippen molar-refractivity contribution in [1.29, 1.82) is 5.26 Å². The Morgan fingerprint density at radius 1 is 1.12 bits per heavy atom. The van der Waals surface area contributed by atoms with E-state index in [-0.39, 0.29) is 17.3 Å². The number of hydrogen-bond donors (Lipinski definition) is 3. The number of aromatic nitrogens is 2. The highest BCUT2D eigenvalue weighted by Gasteiger charge is 2.40. The summed E-state index contributed by atoms with van der Waals surface area (Å²) in [5, 5.41) is 15.3. The highest BCUT2D eigenvalue weighted by Crippen LogP contribution is 2.41.